The molecule has 16 heavy (non-hydrogen) atoms. The molecule has 2 N–H and O–H groups in total. The molecule has 3 nitrogen and oxygen atoms in total. The van der Waals surface area contributed by atoms with E-state index in [1.807, 2.05) is 0 Å². The third-order valence-corrected chi connectivity index (χ3v) is 4.02. The van der Waals surface area contributed by atoms with Gasteiger partial charge in [0.2, 0.25) is 0 Å². The van der Waals surface area contributed by atoms with Crippen LogP contribution in [0.25, 0.3) is 0 Å². The highest BCUT2D eigenvalue weighted by Crippen LogP contribution is 2.21. The normalized spacial score (nSPS) is 15.0. The molecule has 0 spiro atoms. The van der Waals surface area contributed by atoms with E-state index >= 15 is 0 Å². The minimum Gasteiger partial charge on any atom is -0.396 e. The fourth-order valence-electron chi connectivity index (χ4n) is 1.53. The summed E-state index contributed by atoms with van der Waals surface area (Å²) in [6.07, 6.45) is 0.687. The first-order chi connectivity index (χ1) is 7.59. The van der Waals surface area contributed by atoms with Crippen LogP contribution >= 0.6 is 27.3 Å². The summed E-state index contributed by atoms with van der Waals surface area (Å²) in [5, 5.41) is 14.6. The second-order valence-electron chi connectivity index (χ2n) is 4.08. The Morgan fingerprint density at radius 2 is 2.38 bits per heavy atom. The molecule has 0 aromatic carbocycles. The van der Waals surface area contributed by atoms with E-state index in [-0.39, 0.29) is 12.1 Å². The molecule has 0 fully saturated rings. The van der Waals surface area contributed by atoms with Crippen LogP contribution in [0, 0.1) is 0 Å². The van der Waals surface area contributed by atoms with E-state index in [9.17, 15) is 0 Å². The van der Waals surface area contributed by atoms with Crippen LogP contribution in [0.5, 0.6) is 0 Å². The van der Waals surface area contributed by atoms with Crippen LogP contribution in [-0.2, 0) is 11.3 Å². The Balaban J connectivity index is 2.49. The van der Waals surface area contributed by atoms with Crippen LogP contribution in [0.1, 0.15) is 18.9 Å². The van der Waals surface area contributed by atoms with Gasteiger partial charge in [0.15, 0.2) is 0 Å². The molecule has 0 saturated heterocycles. The van der Waals surface area contributed by atoms with Crippen molar-refractivity contribution >= 4 is 27.3 Å². The van der Waals surface area contributed by atoms with Crippen molar-refractivity contribution in [2.75, 3.05) is 20.3 Å². The van der Waals surface area contributed by atoms with E-state index in [0.717, 1.165) is 10.3 Å². The number of hydrogen-bond acceptors (Lipinski definition) is 4. The molecule has 0 aliphatic carbocycles. The molecule has 1 aromatic heterocycles. The highest BCUT2D eigenvalue weighted by Gasteiger charge is 2.22. The summed E-state index contributed by atoms with van der Waals surface area (Å²) in [4.78, 5) is 0. The van der Waals surface area contributed by atoms with Crippen molar-refractivity contribution in [3.05, 3.63) is 20.8 Å². The number of halogens is 1. The van der Waals surface area contributed by atoms with E-state index in [1.54, 1.807) is 18.4 Å². The van der Waals surface area contributed by atoms with Gasteiger partial charge in [-0.3, -0.25) is 0 Å². The third-order valence-electron chi connectivity index (χ3n) is 2.47. The molecule has 1 atom stereocenters. The minimum absolute atomic E-state index is 0.167. The molecule has 1 unspecified atom stereocenters. The Morgan fingerprint density at radius 1 is 1.62 bits per heavy atom. The maximum absolute atomic E-state index is 9.03. The number of rotatable bonds is 7. The number of aliphatic hydroxyl groups is 1. The van der Waals surface area contributed by atoms with Gasteiger partial charge in [-0.25, -0.2) is 0 Å². The highest BCUT2D eigenvalue weighted by atomic mass is 79.9. The van der Waals surface area contributed by atoms with E-state index in [4.69, 9.17) is 9.84 Å². The summed E-state index contributed by atoms with van der Waals surface area (Å²) >= 11 is 5.12. The van der Waals surface area contributed by atoms with Crippen LogP contribution in [0.3, 0.4) is 0 Å². The average Bonchev–Trinajstić information content (AvgIpc) is 2.62. The zero-order valence-electron chi connectivity index (χ0n) is 9.62. The summed E-state index contributed by atoms with van der Waals surface area (Å²) in [6, 6.07) is 2.10. The summed E-state index contributed by atoms with van der Waals surface area (Å²) in [5.41, 5.74) is 1.08. The molecule has 1 rings (SSSR count). The second kappa shape index (κ2) is 6.71. The van der Waals surface area contributed by atoms with Crippen LogP contribution in [0.2, 0.25) is 0 Å². The van der Waals surface area contributed by atoms with E-state index in [1.165, 1.54) is 5.56 Å². The smallest absolute Gasteiger partial charge is 0.0701 e. The Labute approximate surface area is 109 Å². The van der Waals surface area contributed by atoms with Crippen LogP contribution in [-0.4, -0.2) is 31.0 Å². The van der Waals surface area contributed by atoms with E-state index in [2.05, 4.69) is 39.6 Å². The standard InChI is InChI=1S/C11H18BrNO2S/c1-11(3-4-14,8-15-2)13-6-9-5-10(12)16-7-9/h5,7,13-14H,3-4,6,8H2,1-2H3. The first-order valence-electron chi connectivity index (χ1n) is 5.17. The molecule has 92 valence electrons. The second-order valence-corrected chi connectivity index (χ2v) is 6.37. The molecule has 5 heteroatoms. The lowest BCUT2D eigenvalue weighted by molar-refractivity contribution is 0.0970. The Hall–Kier alpha value is 0.0600. The van der Waals surface area contributed by atoms with Crippen molar-refractivity contribution in [2.45, 2.75) is 25.4 Å². The largest absolute Gasteiger partial charge is 0.396 e. The topological polar surface area (TPSA) is 41.5 Å². The first-order valence-corrected chi connectivity index (χ1v) is 6.84. The van der Waals surface area contributed by atoms with Gasteiger partial charge in [-0.15, -0.1) is 11.3 Å². The molecule has 0 amide bonds. The van der Waals surface area contributed by atoms with Crippen LogP contribution in [0.4, 0.5) is 0 Å². The first kappa shape index (κ1) is 14.1. The van der Waals surface area contributed by atoms with Gasteiger partial charge in [-0.05, 0) is 46.3 Å². The molecular weight excluding hydrogens is 290 g/mol. The third kappa shape index (κ3) is 4.51. The quantitative estimate of drug-likeness (QED) is 0.813. The molecule has 1 heterocycles. The van der Waals surface area contributed by atoms with Crippen molar-refractivity contribution in [3.63, 3.8) is 0 Å². The van der Waals surface area contributed by atoms with Gasteiger partial charge in [-0.1, -0.05) is 0 Å². The van der Waals surface area contributed by atoms with Crippen molar-refractivity contribution < 1.29 is 9.84 Å². The summed E-state index contributed by atoms with van der Waals surface area (Å²) in [5.74, 6) is 0. The van der Waals surface area contributed by atoms with Crippen LogP contribution in [0.15, 0.2) is 15.2 Å². The number of aliphatic hydroxyl groups excluding tert-OH is 1. The van der Waals surface area contributed by atoms with Gasteiger partial charge < -0.3 is 15.2 Å². The van der Waals surface area contributed by atoms with Gasteiger partial charge in [0.05, 0.1) is 10.4 Å². The number of nitrogens with one attached hydrogen (secondary N) is 1. The lowest BCUT2D eigenvalue weighted by Gasteiger charge is -2.29. The lowest BCUT2D eigenvalue weighted by Crippen LogP contribution is -2.46. The predicted octanol–water partition coefficient (Wildman–Crippen LogP) is 2.39. The summed E-state index contributed by atoms with van der Waals surface area (Å²) in [7, 11) is 1.68. The van der Waals surface area contributed by atoms with Crippen molar-refractivity contribution in [1.82, 2.24) is 5.32 Å². The van der Waals surface area contributed by atoms with E-state index < -0.39 is 0 Å². The van der Waals surface area contributed by atoms with Gasteiger partial charge in [0, 0.05) is 25.8 Å². The summed E-state index contributed by atoms with van der Waals surface area (Å²) < 4.78 is 6.31. The fourth-order valence-corrected chi connectivity index (χ4v) is 2.74. The van der Waals surface area contributed by atoms with Crippen molar-refractivity contribution in [3.8, 4) is 0 Å². The van der Waals surface area contributed by atoms with Crippen LogP contribution < -0.4 is 5.32 Å². The van der Waals surface area contributed by atoms with Crippen molar-refractivity contribution in [1.29, 1.82) is 0 Å². The number of hydrogen-bond donors (Lipinski definition) is 2. The average molecular weight is 308 g/mol. The Morgan fingerprint density at radius 3 is 2.88 bits per heavy atom. The number of thiophene rings is 1. The predicted molar refractivity (Wildman–Crippen MR) is 70.8 cm³/mol. The van der Waals surface area contributed by atoms with E-state index in [0.29, 0.717) is 13.0 Å². The van der Waals surface area contributed by atoms with Gasteiger partial charge in [-0.2, -0.15) is 0 Å². The molecule has 0 aliphatic rings. The monoisotopic (exact) mass is 307 g/mol. The molecular formula is C11H18BrNO2S. The maximum Gasteiger partial charge on any atom is 0.0701 e. The lowest BCUT2D eigenvalue weighted by atomic mass is 9.99. The van der Waals surface area contributed by atoms with Gasteiger partial charge in [0.25, 0.3) is 0 Å². The Bertz CT molecular complexity index is 311. The Kier molecular flexibility index (Phi) is 5.92. The SMILES string of the molecule is COCC(C)(CCO)NCc1csc(Br)c1. The highest BCUT2D eigenvalue weighted by molar-refractivity contribution is 9.11. The molecule has 0 aliphatic heterocycles. The number of ether oxygens (including phenoxy) is 1. The fraction of sp³-hybridized carbons (Fsp3) is 0.636. The summed E-state index contributed by atoms with van der Waals surface area (Å²) in [6.45, 7) is 3.62. The molecule has 0 saturated carbocycles. The van der Waals surface area contributed by atoms with Gasteiger partial charge >= 0.3 is 0 Å². The zero-order valence-corrected chi connectivity index (χ0v) is 12.0. The molecule has 0 radical (unpaired) electrons. The number of methoxy groups -OCH3 is 1. The van der Waals surface area contributed by atoms with Gasteiger partial charge in [0.1, 0.15) is 0 Å². The van der Waals surface area contributed by atoms with Crippen molar-refractivity contribution in [2.24, 2.45) is 0 Å². The minimum atomic E-state index is -0.169. The molecule has 1 aromatic rings. The molecule has 0 bridgehead atoms. The zero-order chi connectivity index (χ0) is 12.0. The maximum atomic E-state index is 9.03.